The lowest BCUT2D eigenvalue weighted by atomic mass is 9.79. The van der Waals surface area contributed by atoms with E-state index in [1.165, 1.54) is 4.31 Å². The summed E-state index contributed by atoms with van der Waals surface area (Å²) in [6.07, 6.45) is 0. The van der Waals surface area contributed by atoms with Gasteiger partial charge in [0.1, 0.15) is 0 Å². The third kappa shape index (κ3) is 3.33. The highest BCUT2D eigenvalue weighted by atomic mass is 32.2. The normalized spacial score (nSPS) is 20.2. The molecular weight excluding hydrogens is 313 g/mol. The van der Waals surface area contributed by atoms with Gasteiger partial charge >= 0.3 is 7.12 Å². The molecule has 0 saturated carbocycles. The first-order valence-corrected chi connectivity index (χ1v) is 9.45. The van der Waals surface area contributed by atoms with Gasteiger partial charge in [-0.3, -0.25) is 0 Å². The summed E-state index contributed by atoms with van der Waals surface area (Å²) in [7, 11) is -3.92. The van der Waals surface area contributed by atoms with E-state index in [1.807, 2.05) is 41.5 Å². The van der Waals surface area contributed by atoms with Crippen LogP contribution in [-0.2, 0) is 19.3 Å². The van der Waals surface area contributed by atoms with Gasteiger partial charge in [0.25, 0.3) is 0 Å². The molecule has 1 aromatic carbocycles. The highest BCUT2D eigenvalue weighted by molar-refractivity contribution is 7.89. The standard InChI is InChI=1S/C16H26BNO4S/c1-7-18(8-2)23(19,20)14-11-9-13(10-12-14)17-21-15(3,4)16(5,6)22-17/h9-12H,7-8H2,1-6H3. The number of nitrogens with zero attached hydrogens (tertiary/aromatic N) is 1. The molecule has 1 fully saturated rings. The molecule has 5 nitrogen and oxygen atoms in total. The van der Waals surface area contributed by atoms with Crippen molar-refractivity contribution in [2.24, 2.45) is 0 Å². The summed E-state index contributed by atoms with van der Waals surface area (Å²) < 4.78 is 38.4. The van der Waals surface area contributed by atoms with Crippen LogP contribution < -0.4 is 5.46 Å². The van der Waals surface area contributed by atoms with E-state index in [0.29, 0.717) is 18.0 Å². The zero-order valence-corrected chi connectivity index (χ0v) is 15.6. The first-order valence-electron chi connectivity index (χ1n) is 8.01. The van der Waals surface area contributed by atoms with Gasteiger partial charge in [-0.1, -0.05) is 26.0 Å². The number of rotatable bonds is 5. The Hall–Kier alpha value is -0.885. The summed E-state index contributed by atoms with van der Waals surface area (Å²) in [6, 6.07) is 6.76. The van der Waals surface area contributed by atoms with E-state index in [4.69, 9.17) is 9.31 Å². The molecular formula is C16H26BNO4S. The summed E-state index contributed by atoms with van der Waals surface area (Å²) in [5.41, 5.74) is -0.00469. The molecule has 0 radical (unpaired) electrons. The van der Waals surface area contributed by atoms with Gasteiger partial charge in [-0.2, -0.15) is 4.31 Å². The van der Waals surface area contributed by atoms with Crippen LogP contribution in [0.15, 0.2) is 29.2 Å². The smallest absolute Gasteiger partial charge is 0.399 e. The van der Waals surface area contributed by atoms with Gasteiger partial charge in [-0.05, 0) is 45.3 Å². The first-order chi connectivity index (χ1) is 10.5. The van der Waals surface area contributed by atoms with E-state index in [1.54, 1.807) is 24.3 Å². The molecule has 0 aromatic heterocycles. The number of hydrogen-bond donors (Lipinski definition) is 0. The van der Waals surface area contributed by atoms with Gasteiger partial charge in [-0.15, -0.1) is 0 Å². The van der Waals surface area contributed by atoms with Gasteiger partial charge in [0.2, 0.25) is 10.0 Å². The fourth-order valence-corrected chi connectivity index (χ4v) is 3.95. The van der Waals surface area contributed by atoms with Crippen molar-refractivity contribution in [2.45, 2.75) is 57.6 Å². The molecule has 0 aliphatic carbocycles. The Bertz CT molecular complexity index is 635. The van der Waals surface area contributed by atoms with Crippen LogP contribution >= 0.6 is 0 Å². The minimum absolute atomic E-state index is 0.293. The van der Waals surface area contributed by atoms with Crippen molar-refractivity contribution in [3.8, 4) is 0 Å². The number of hydrogen-bond acceptors (Lipinski definition) is 4. The highest BCUT2D eigenvalue weighted by Gasteiger charge is 2.51. The average Bonchev–Trinajstić information content (AvgIpc) is 2.68. The van der Waals surface area contributed by atoms with Crippen LogP contribution in [0.2, 0.25) is 0 Å². The van der Waals surface area contributed by atoms with Gasteiger partial charge in [0, 0.05) is 13.1 Å². The lowest BCUT2D eigenvalue weighted by molar-refractivity contribution is 0.00578. The van der Waals surface area contributed by atoms with Crippen molar-refractivity contribution in [2.75, 3.05) is 13.1 Å². The van der Waals surface area contributed by atoms with Crippen molar-refractivity contribution < 1.29 is 17.7 Å². The summed E-state index contributed by atoms with van der Waals surface area (Å²) in [4.78, 5) is 0.293. The predicted octanol–water partition coefficient (Wildman–Crippen LogP) is 2.02. The molecule has 0 spiro atoms. The largest absolute Gasteiger partial charge is 0.494 e. The molecule has 2 rings (SSSR count). The van der Waals surface area contributed by atoms with Crippen molar-refractivity contribution in [1.29, 1.82) is 0 Å². The van der Waals surface area contributed by atoms with Crippen molar-refractivity contribution in [3.05, 3.63) is 24.3 Å². The Kier molecular flexibility index (Phi) is 4.98. The second kappa shape index (κ2) is 6.20. The zero-order chi connectivity index (χ0) is 17.5. The molecule has 1 aromatic rings. The maximum Gasteiger partial charge on any atom is 0.494 e. The third-order valence-electron chi connectivity index (χ3n) is 4.75. The quantitative estimate of drug-likeness (QED) is 0.770. The molecule has 1 aliphatic heterocycles. The number of sulfonamides is 1. The fourth-order valence-electron chi connectivity index (χ4n) is 2.49. The monoisotopic (exact) mass is 339 g/mol. The van der Waals surface area contributed by atoms with Gasteiger partial charge in [0.15, 0.2) is 0 Å². The topological polar surface area (TPSA) is 55.8 Å². The van der Waals surface area contributed by atoms with Crippen LogP contribution in [0, 0.1) is 0 Å². The summed E-state index contributed by atoms with van der Waals surface area (Å²) in [5, 5.41) is 0. The fraction of sp³-hybridized carbons (Fsp3) is 0.625. The predicted molar refractivity (Wildman–Crippen MR) is 92.3 cm³/mol. The molecule has 0 atom stereocenters. The van der Waals surface area contributed by atoms with E-state index in [2.05, 4.69) is 0 Å². The van der Waals surface area contributed by atoms with E-state index < -0.39 is 28.3 Å². The zero-order valence-electron chi connectivity index (χ0n) is 14.8. The van der Waals surface area contributed by atoms with Crippen LogP contribution in [0.4, 0.5) is 0 Å². The van der Waals surface area contributed by atoms with Crippen LogP contribution in [0.3, 0.4) is 0 Å². The molecule has 0 bridgehead atoms. The first kappa shape index (κ1) is 18.5. The molecule has 0 amide bonds. The Morgan fingerprint density at radius 2 is 1.39 bits per heavy atom. The van der Waals surface area contributed by atoms with Crippen LogP contribution in [-0.4, -0.2) is 44.1 Å². The Labute approximate surface area is 140 Å². The average molecular weight is 339 g/mol. The molecule has 1 heterocycles. The van der Waals surface area contributed by atoms with E-state index in [-0.39, 0.29) is 0 Å². The number of benzene rings is 1. The molecule has 1 aliphatic rings. The van der Waals surface area contributed by atoms with Crippen LogP contribution in [0.5, 0.6) is 0 Å². The van der Waals surface area contributed by atoms with Crippen molar-refractivity contribution in [1.82, 2.24) is 4.31 Å². The Balaban J connectivity index is 2.25. The van der Waals surface area contributed by atoms with Gasteiger partial charge < -0.3 is 9.31 Å². The Morgan fingerprint density at radius 3 is 1.78 bits per heavy atom. The van der Waals surface area contributed by atoms with Crippen LogP contribution in [0.25, 0.3) is 0 Å². The van der Waals surface area contributed by atoms with E-state index in [9.17, 15) is 8.42 Å². The third-order valence-corrected chi connectivity index (χ3v) is 6.81. The Morgan fingerprint density at radius 1 is 0.957 bits per heavy atom. The van der Waals surface area contributed by atoms with Crippen LogP contribution in [0.1, 0.15) is 41.5 Å². The van der Waals surface area contributed by atoms with Crippen molar-refractivity contribution >= 4 is 22.6 Å². The van der Waals surface area contributed by atoms with E-state index >= 15 is 0 Å². The molecule has 23 heavy (non-hydrogen) atoms. The van der Waals surface area contributed by atoms with E-state index in [0.717, 1.165) is 5.46 Å². The molecule has 0 N–H and O–H groups in total. The lowest BCUT2D eigenvalue weighted by Gasteiger charge is -2.32. The summed E-state index contributed by atoms with van der Waals surface area (Å²) in [5.74, 6) is 0. The molecule has 1 saturated heterocycles. The lowest BCUT2D eigenvalue weighted by Crippen LogP contribution is -2.41. The molecule has 7 heteroatoms. The minimum Gasteiger partial charge on any atom is -0.399 e. The van der Waals surface area contributed by atoms with Gasteiger partial charge in [0.05, 0.1) is 16.1 Å². The molecule has 128 valence electrons. The second-order valence-electron chi connectivity index (χ2n) is 6.75. The summed E-state index contributed by atoms with van der Waals surface area (Å²) in [6.45, 7) is 12.5. The highest BCUT2D eigenvalue weighted by Crippen LogP contribution is 2.36. The molecule has 0 unspecified atom stereocenters. The van der Waals surface area contributed by atoms with Gasteiger partial charge in [-0.25, -0.2) is 8.42 Å². The maximum absolute atomic E-state index is 12.5. The van der Waals surface area contributed by atoms with Crippen molar-refractivity contribution in [3.63, 3.8) is 0 Å². The summed E-state index contributed by atoms with van der Waals surface area (Å²) >= 11 is 0. The second-order valence-corrected chi connectivity index (χ2v) is 8.68. The SMILES string of the molecule is CCN(CC)S(=O)(=O)c1ccc(B2OC(C)(C)C(C)(C)O2)cc1. The maximum atomic E-state index is 12.5. The minimum atomic E-state index is -3.44.